The lowest BCUT2D eigenvalue weighted by atomic mass is 10.1. The largest absolute Gasteiger partial charge is 0.497 e. The number of carboxylic acids is 1. The number of benzene rings is 1. The Morgan fingerprint density at radius 3 is 2.31 bits per heavy atom. The maximum Gasteiger partial charge on any atom is 0.323 e. The minimum Gasteiger partial charge on any atom is -0.497 e. The topological polar surface area (TPSA) is 96.4 Å². The molecule has 1 fully saturated rings. The first-order valence-electron chi connectivity index (χ1n) is 8.38. The monoisotopic (exact) mass is 364 g/mol. The Morgan fingerprint density at radius 2 is 1.85 bits per heavy atom. The third-order valence-electron chi connectivity index (χ3n) is 4.37. The summed E-state index contributed by atoms with van der Waals surface area (Å²) >= 11 is 0. The van der Waals surface area contributed by atoms with Crippen molar-refractivity contribution in [2.75, 3.05) is 33.9 Å². The molecule has 2 rings (SSSR count). The minimum atomic E-state index is -1.11. The predicted octanol–water partition coefficient (Wildman–Crippen LogP) is 0.985. The molecule has 0 saturated carbocycles. The van der Waals surface area contributed by atoms with Crippen molar-refractivity contribution in [1.82, 2.24) is 9.80 Å². The summed E-state index contributed by atoms with van der Waals surface area (Å²) in [7, 11) is 3.03. The molecule has 1 atom stereocenters. The van der Waals surface area contributed by atoms with E-state index in [9.17, 15) is 19.5 Å². The van der Waals surface area contributed by atoms with E-state index in [1.165, 1.54) is 19.1 Å². The van der Waals surface area contributed by atoms with Crippen LogP contribution in [0.25, 0.3) is 0 Å². The van der Waals surface area contributed by atoms with Gasteiger partial charge in [-0.05, 0) is 24.6 Å². The van der Waals surface area contributed by atoms with Gasteiger partial charge >= 0.3 is 5.97 Å². The van der Waals surface area contributed by atoms with Crippen LogP contribution >= 0.6 is 0 Å². The molecule has 1 aliphatic rings. The zero-order valence-corrected chi connectivity index (χ0v) is 15.2. The normalized spacial score (nSPS) is 16.5. The molecule has 1 saturated heterocycles. The van der Waals surface area contributed by atoms with Crippen LogP contribution in [0.2, 0.25) is 0 Å². The summed E-state index contributed by atoms with van der Waals surface area (Å²) in [5, 5.41) is 9.18. The quantitative estimate of drug-likeness (QED) is 0.739. The fraction of sp³-hybridized carbons (Fsp3) is 0.500. The molecule has 142 valence electrons. The van der Waals surface area contributed by atoms with E-state index in [1.807, 2.05) is 6.92 Å². The Labute approximate surface area is 152 Å². The van der Waals surface area contributed by atoms with Gasteiger partial charge in [0, 0.05) is 32.1 Å². The number of carboxylic acid groups (broad SMARTS) is 1. The summed E-state index contributed by atoms with van der Waals surface area (Å²) in [6, 6.07) is 5.15. The fourth-order valence-corrected chi connectivity index (χ4v) is 3.05. The van der Waals surface area contributed by atoms with Crippen LogP contribution in [-0.4, -0.2) is 66.5 Å². The average Bonchev–Trinajstić information content (AvgIpc) is 3.00. The maximum atomic E-state index is 12.8. The molecule has 2 amide bonds. The van der Waals surface area contributed by atoms with Gasteiger partial charge in [-0.25, -0.2) is 0 Å². The highest BCUT2D eigenvalue weighted by molar-refractivity contribution is 5.90. The highest BCUT2D eigenvalue weighted by Gasteiger charge is 2.36. The number of ether oxygens (including phenoxy) is 2. The number of likely N-dealkylation sites (tertiary alicyclic amines) is 1. The van der Waals surface area contributed by atoms with Crippen LogP contribution in [-0.2, 0) is 20.9 Å². The van der Waals surface area contributed by atoms with Crippen LogP contribution in [0.15, 0.2) is 18.2 Å². The number of carbonyl (C=O) groups is 3. The summed E-state index contributed by atoms with van der Waals surface area (Å²) in [5.74, 6) is -0.938. The van der Waals surface area contributed by atoms with E-state index >= 15 is 0 Å². The van der Waals surface area contributed by atoms with Crippen LogP contribution in [0, 0.1) is 5.92 Å². The zero-order chi connectivity index (χ0) is 19.3. The van der Waals surface area contributed by atoms with Crippen molar-refractivity contribution in [3.63, 3.8) is 0 Å². The van der Waals surface area contributed by atoms with E-state index < -0.39 is 18.4 Å². The molecule has 1 aliphatic heterocycles. The van der Waals surface area contributed by atoms with Gasteiger partial charge in [0.1, 0.15) is 18.0 Å². The molecule has 8 nitrogen and oxygen atoms in total. The standard InChI is InChI=1S/C18H24N2O6/c1-4-19-10-13(7-16(19)21)18(24)20(11-17(22)23)9-12-5-14(25-2)8-15(6-12)26-3/h5-6,8,13H,4,7,9-11H2,1-3H3,(H,22,23). The van der Waals surface area contributed by atoms with Gasteiger partial charge in [-0.15, -0.1) is 0 Å². The molecule has 0 bridgehead atoms. The Hall–Kier alpha value is -2.77. The number of hydrogen-bond donors (Lipinski definition) is 1. The molecule has 1 aromatic carbocycles. The van der Waals surface area contributed by atoms with Crippen molar-refractivity contribution in [2.45, 2.75) is 19.9 Å². The second kappa shape index (κ2) is 8.55. The molecule has 8 heteroatoms. The lowest BCUT2D eigenvalue weighted by molar-refractivity contribution is -0.146. The Kier molecular flexibility index (Phi) is 6.43. The third kappa shape index (κ3) is 4.65. The van der Waals surface area contributed by atoms with E-state index in [1.54, 1.807) is 23.1 Å². The molecule has 26 heavy (non-hydrogen) atoms. The summed E-state index contributed by atoms with van der Waals surface area (Å²) in [6.45, 7) is 2.37. The third-order valence-corrected chi connectivity index (χ3v) is 4.37. The average molecular weight is 364 g/mol. The van der Waals surface area contributed by atoms with Crippen molar-refractivity contribution >= 4 is 17.8 Å². The second-order valence-corrected chi connectivity index (χ2v) is 6.14. The highest BCUT2D eigenvalue weighted by atomic mass is 16.5. The first kappa shape index (κ1) is 19.6. The van der Waals surface area contributed by atoms with Crippen LogP contribution in [0.5, 0.6) is 11.5 Å². The maximum absolute atomic E-state index is 12.8. The Morgan fingerprint density at radius 1 is 1.23 bits per heavy atom. The van der Waals surface area contributed by atoms with Crippen LogP contribution in [0.3, 0.4) is 0 Å². The van der Waals surface area contributed by atoms with Gasteiger partial charge in [0.2, 0.25) is 11.8 Å². The number of rotatable bonds is 8. The molecule has 0 aliphatic carbocycles. The smallest absolute Gasteiger partial charge is 0.323 e. The number of amides is 2. The van der Waals surface area contributed by atoms with E-state index in [2.05, 4.69) is 0 Å². The van der Waals surface area contributed by atoms with Gasteiger partial charge < -0.3 is 24.4 Å². The van der Waals surface area contributed by atoms with Gasteiger partial charge in [-0.2, -0.15) is 0 Å². The lowest BCUT2D eigenvalue weighted by Gasteiger charge is -2.24. The molecule has 1 heterocycles. The van der Waals surface area contributed by atoms with Gasteiger partial charge in [-0.1, -0.05) is 0 Å². The highest BCUT2D eigenvalue weighted by Crippen LogP contribution is 2.25. The summed E-state index contributed by atoms with van der Waals surface area (Å²) in [5.41, 5.74) is 0.687. The molecule has 1 aromatic rings. The van der Waals surface area contributed by atoms with Crippen molar-refractivity contribution in [3.8, 4) is 11.5 Å². The summed E-state index contributed by atoms with van der Waals surface area (Å²) in [4.78, 5) is 38.8. The molecular formula is C18H24N2O6. The lowest BCUT2D eigenvalue weighted by Crippen LogP contribution is -2.40. The summed E-state index contributed by atoms with van der Waals surface area (Å²) < 4.78 is 10.4. The van der Waals surface area contributed by atoms with Crippen LogP contribution in [0.4, 0.5) is 0 Å². The minimum absolute atomic E-state index is 0.0795. The molecular weight excluding hydrogens is 340 g/mol. The van der Waals surface area contributed by atoms with E-state index in [0.717, 1.165) is 0 Å². The number of aliphatic carboxylic acids is 1. The molecule has 1 unspecified atom stereocenters. The Bertz CT molecular complexity index is 668. The van der Waals surface area contributed by atoms with Crippen molar-refractivity contribution in [1.29, 1.82) is 0 Å². The first-order chi connectivity index (χ1) is 12.4. The Balaban J connectivity index is 2.21. The molecule has 0 aromatic heterocycles. The fourth-order valence-electron chi connectivity index (χ4n) is 3.05. The molecule has 0 spiro atoms. The van der Waals surface area contributed by atoms with Crippen molar-refractivity contribution < 1.29 is 29.0 Å². The van der Waals surface area contributed by atoms with Gasteiger partial charge in [-0.3, -0.25) is 14.4 Å². The van der Waals surface area contributed by atoms with Crippen LogP contribution in [0.1, 0.15) is 18.9 Å². The second-order valence-electron chi connectivity index (χ2n) is 6.14. The zero-order valence-electron chi connectivity index (χ0n) is 15.2. The molecule has 1 N–H and O–H groups in total. The van der Waals surface area contributed by atoms with Gasteiger partial charge in [0.05, 0.1) is 20.1 Å². The SMILES string of the molecule is CCN1CC(C(=O)N(CC(=O)O)Cc2cc(OC)cc(OC)c2)CC1=O. The van der Waals surface area contributed by atoms with Crippen molar-refractivity contribution in [3.05, 3.63) is 23.8 Å². The number of nitrogens with zero attached hydrogens (tertiary/aromatic N) is 2. The number of methoxy groups -OCH3 is 2. The number of carbonyl (C=O) groups excluding carboxylic acids is 2. The van der Waals surface area contributed by atoms with E-state index in [4.69, 9.17) is 9.47 Å². The first-order valence-corrected chi connectivity index (χ1v) is 8.38. The van der Waals surface area contributed by atoms with E-state index in [0.29, 0.717) is 30.2 Å². The van der Waals surface area contributed by atoms with Gasteiger partial charge in [0.25, 0.3) is 0 Å². The molecule has 0 radical (unpaired) electrons. The van der Waals surface area contributed by atoms with Crippen LogP contribution < -0.4 is 9.47 Å². The summed E-state index contributed by atoms with van der Waals surface area (Å²) in [6.07, 6.45) is 0.115. The number of hydrogen-bond acceptors (Lipinski definition) is 5. The van der Waals surface area contributed by atoms with Crippen molar-refractivity contribution in [2.24, 2.45) is 5.92 Å². The predicted molar refractivity (Wildman–Crippen MR) is 93.0 cm³/mol. The van der Waals surface area contributed by atoms with E-state index in [-0.39, 0.29) is 24.8 Å². The van der Waals surface area contributed by atoms with Gasteiger partial charge in [0.15, 0.2) is 0 Å².